The van der Waals surface area contributed by atoms with E-state index in [4.69, 9.17) is 5.73 Å². The molecule has 1 saturated heterocycles. The van der Waals surface area contributed by atoms with Crippen LogP contribution in [0.4, 0.5) is 5.69 Å². The number of nitrogens with two attached hydrogens (primary N) is 1. The molecule has 0 radical (unpaired) electrons. The molecule has 0 spiro atoms. The summed E-state index contributed by atoms with van der Waals surface area (Å²) in [5.41, 5.74) is 7.73. The zero-order chi connectivity index (χ0) is 15.8. The van der Waals surface area contributed by atoms with Gasteiger partial charge in [0.25, 0.3) is 0 Å². The number of carbonyl (C=O) groups is 1. The van der Waals surface area contributed by atoms with Crippen LogP contribution in [0.15, 0.2) is 24.3 Å². The zero-order valence-corrected chi connectivity index (χ0v) is 16.1. The molecular formula is C18H31Cl2N3O. The van der Waals surface area contributed by atoms with Crippen LogP contribution in [0.1, 0.15) is 38.2 Å². The third-order valence-corrected chi connectivity index (χ3v) is 4.71. The predicted octanol–water partition coefficient (Wildman–Crippen LogP) is 3.28. The molecule has 3 N–H and O–H groups in total. The van der Waals surface area contributed by atoms with Crippen LogP contribution in [0.5, 0.6) is 0 Å². The number of carbonyl (C=O) groups excluding carboxylic acids is 1. The number of aryl methyl sites for hydroxylation is 1. The van der Waals surface area contributed by atoms with Gasteiger partial charge in [-0.15, -0.1) is 24.8 Å². The predicted molar refractivity (Wildman–Crippen MR) is 106 cm³/mol. The SMILES string of the molecule is CCN1CCC(CCNC(=O)CCc2ccccc2N)CC1.Cl.Cl. The highest BCUT2D eigenvalue weighted by Crippen LogP contribution is 2.19. The van der Waals surface area contributed by atoms with Gasteiger partial charge in [-0.3, -0.25) is 4.79 Å². The van der Waals surface area contributed by atoms with Crippen LogP contribution in [0.3, 0.4) is 0 Å². The van der Waals surface area contributed by atoms with Crippen molar-refractivity contribution in [2.75, 3.05) is 31.9 Å². The zero-order valence-electron chi connectivity index (χ0n) is 14.5. The van der Waals surface area contributed by atoms with Crippen molar-refractivity contribution in [2.45, 2.75) is 39.0 Å². The highest BCUT2D eigenvalue weighted by molar-refractivity contribution is 5.85. The third kappa shape index (κ3) is 7.73. The van der Waals surface area contributed by atoms with Crippen molar-refractivity contribution in [1.29, 1.82) is 0 Å². The van der Waals surface area contributed by atoms with E-state index in [0.717, 1.165) is 36.7 Å². The van der Waals surface area contributed by atoms with Gasteiger partial charge in [0.2, 0.25) is 5.91 Å². The van der Waals surface area contributed by atoms with Crippen LogP contribution >= 0.6 is 24.8 Å². The molecule has 0 atom stereocenters. The van der Waals surface area contributed by atoms with Crippen LogP contribution in [0.2, 0.25) is 0 Å². The lowest BCUT2D eigenvalue weighted by Gasteiger charge is -2.31. The van der Waals surface area contributed by atoms with E-state index in [-0.39, 0.29) is 30.7 Å². The second-order valence-electron chi connectivity index (χ2n) is 6.22. The summed E-state index contributed by atoms with van der Waals surface area (Å²) in [7, 11) is 0. The van der Waals surface area contributed by atoms with E-state index < -0.39 is 0 Å². The van der Waals surface area contributed by atoms with Crippen LogP contribution in [0.25, 0.3) is 0 Å². The van der Waals surface area contributed by atoms with Crippen molar-refractivity contribution < 1.29 is 4.79 Å². The minimum atomic E-state index is 0. The number of likely N-dealkylation sites (tertiary alicyclic amines) is 1. The summed E-state index contributed by atoms with van der Waals surface area (Å²) in [5, 5.41) is 3.05. The summed E-state index contributed by atoms with van der Waals surface area (Å²) in [4.78, 5) is 14.4. The number of anilines is 1. The first-order valence-corrected chi connectivity index (χ1v) is 8.51. The number of nitrogen functional groups attached to an aromatic ring is 1. The number of hydrogen-bond donors (Lipinski definition) is 2. The molecule has 6 heteroatoms. The molecule has 1 aromatic carbocycles. The summed E-state index contributed by atoms with van der Waals surface area (Å²) in [6.45, 7) is 6.61. The number of nitrogens with zero attached hydrogens (tertiary/aromatic N) is 1. The van der Waals surface area contributed by atoms with Crippen molar-refractivity contribution in [3.05, 3.63) is 29.8 Å². The van der Waals surface area contributed by atoms with Crippen molar-refractivity contribution >= 4 is 36.4 Å². The Labute approximate surface area is 158 Å². The fraction of sp³-hybridized carbons (Fsp3) is 0.611. The van der Waals surface area contributed by atoms with Crippen molar-refractivity contribution in [3.63, 3.8) is 0 Å². The summed E-state index contributed by atoms with van der Waals surface area (Å²) in [6.07, 6.45) is 4.88. The molecule has 1 aromatic rings. The molecule has 1 fully saturated rings. The largest absolute Gasteiger partial charge is 0.399 e. The lowest BCUT2D eigenvalue weighted by Crippen LogP contribution is -2.35. The van der Waals surface area contributed by atoms with Gasteiger partial charge in [0.15, 0.2) is 0 Å². The van der Waals surface area contributed by atoms with E-state index in [1.165, 1.54) is 25.9 Å². The second-order valence-corrected chi connectivity index (χ2v) is 6.22. The van der Waals surface area contributed by atoms with Crippen LogP contribution < -0.4 is 11.1 Å². The molecule has 24 heavy (non-hydrogen) atoms. The molecule has 0 aliphatic carbocycles. The molecule has 0 aromatic heterocycles. The molecule has 1 amide bonds. The normalized spacial score (nSPS) is 15.2. The maximum Gasteiger partial charge on any atom is 0.220 e. The first-order chi connectivity index (χ1) is 10.7. The average molecular weight is 376 g/mol. The Hall–Kier alpha value is -0.970. The Bertz CT molecular complexity index is 477. The lowest BCUT2D eigenvalue weighted by atomic mass is 9.93. The summed E-state index contributed by atoms with van der Waals surface area (Å²) < 4.78 is 0. The summed E-state index contributed by atoms with van der Waals surface area (Å²) in [5.74, 6) is 0.905. The van der Waals surface area contributed by atoms with Crippen LogP contribution in [-0.4, -0.2) is 37.0 Å². The van der Waals surface area contributed by atoms with Gasteiger partial charge in [0.1, 0.15) is 0 Å². The smallest absolute Gasteiger partial charge is 0.220 e. The number of piperidine rings is 1. The van der Waals surface area contributed by atoms with Crippen molar-refractivity contribution in [1.82, 2.24) is 10.2 Å². The molecule has 1 aliphatic heterocycles. The van der Waals surface area contributed by atoms with Crippen molar-refractivity contribution in [2.24, 2.45) is 5.92 Å². The minimum Gasteiger partial charge on any atom is -0.399 e. The molecule has 0 unspecified atom stereocenters. The number of rotatable bonds is 7. The Morgan fingerprint density at radius 3 is 2.54 bits per heavy atom. The number of para-hydroxylation sites is 1. The van der Waals surface area contributed by atoms with Gasteiger partial charge in [-0.1, -0.05) is 25.1 Å². The fourth-order valence-electron chi connectivity index (χ4n) is 3.11. The summed E-state index contributed by atoms with van der Waals surface area (Å²) in [6, 6.07) is 7.76. The highest BCUT2D eigenvalue weighted by Gasteiger charge is 2.17. The Balaban J connectivity index is 0.00000264. The molecule has 0 saturated carbocycles. The van der Waals surface area contributed by atoms with E-state index in [1.807, 2.05) is 24.3 Å². The minimum absolute atomic E-state index is 0. The van der Waals surface area contributed by atoms with Crippen LogP contribution in [0, 0.1) is 5.92 Å². The highest BCUT2D eigenvalue weighted by atomic mass is 35.5. The Morgan fingerprint density at radius 2 is 1.92 bits per heavy atom. The van der Waals surface area contributed by atoms with E-state index in [1.54, 1.807) is 0 Å². The van der Waals surface area contributed by atoms with Gasteiger partial charge in [-0.2, -0.15) is 0 Å². The van der Waals surface area contributed by atoms with Gasteiger partial charge in [0.05, 0.1) is 0 Å². The van der Waals surface area contributed by atoms with E-state index in [9.17, 15) is 4.79 Å². The summed E-state index contributed by atoms with van der Waals surface area (Å²) >= 11 is 0. The molecule has 1 heterocycles. The molecule has 0 bridgehead atoms. The van der Waals surface area contributed by atoms with Gasteiger partial charge in [-0.05, 0) is 62.9 Å². The molecule has 1 aliphatic rings. The number of amides is 1. The molecule has 2 rings (SSSR count). The van der Waals surface area contributed by atoms with Crippen molar-refractivity contribution in [3.8, 4) is 0 Å². The maximum atomic E-state index is 11.9. The quantitative estimate of drug-likeness (QED) is 0.718. The topological polar surface area (TPSA) is 58.4 Å². The number of benzene rings is 1. The molecular weight excluding hydrogens is 345 g/mol. The Kier molecular flexibility index (Phi) is 11.9. The van der Waals surface area contributed by atoms with E-state index in [2.05, 4.69) is 17.1 Å². The van der Waals surface area contributed by atoms with Gasteiger partial charge >= 0.3 is 0 Å². The third-order valence-electron chi connectivity index (χ3n) is 4.71. The Morgan fingerprint density at radius 1 is 1.25 bits per heavy atom. The number of hydrogen-bond acceptors (Lipinski definition) is 3. The second kappa shape index (κ2) is 12.4. The fourth-order valence-corrected chi connectivity index (χ4v) is 3.11. The molecule has 138 valence electrons. The average Bonchev–Trinajstić information content (AvgIpc) is 2.55. The first kappa shape index (κ1) is 23.0. The van der Waals surface area contributed by atoms with E-state index in [0.29, 0.717) is 12.8 Å². The lowest BCUT2D eigenvalue weighted by molar-refractivity contribution is -0.121. The molecule has 4 nitrogen and oxygen atoms in total. The van der Waals surface area contributed by atoms with Crippen LogP contribution in [-0.2, 0) is 11.2 Å². The maximum absolute atomic E-state index is 11.9. The first-order valence-electron chi connectivity index (χ1n) is 8.51. The number of nitrogens with one attached hydrogen (secondary N) is 1. The van der Waals surface area contributed by atoms with Gasteiger partial charge < -0.3 is 16.0 Å². The monoisotopic (exact) mass is 375 g/mol. The standard InChI is InChI=1S/C18H29N3O.2ClH/c1-2-21-13-10-15(11-14-21)9-12-20-18(22)8-7-16-5-3-4-6-17(16)19;;/h3-6,15H,2,7-14,19H2,1H3,(H,20,22);2*1H. The van der Waals surface area contributed by atoms with E-state index >= 15 is 0 Å². The number of halogens is 2. The van der Waals surface area contributed by atoms with Gasteiger partial charge in [-0.25, -0.2) is 0 Å². The van der Waals surface area contributed by atoms with Gasteiger partial charge in [0, 0.05) is 18.7 Å².